The fraction of sp³-hybridized carbons (Fsp3) is 0.350. The number of halogens is 1. The number of benzene rings is 2. The standard InChI is InChI=1S/C20H23BrN2O/c21-18-11-4-5-12-19(18)22-20(24)15-23-13-7-6-10-17(23)14-16-8-2-1-3-9-16/h1-5,8-9,11-12,17H,6-7,10,13-15H2,(H,22,24). The number of amides is 1. The fourth-order valence-electron chi connectivity index (χ4n) is 3.32. The summed E-state index contributed by atoms with van der Waals surface area (Å²) in [5, 5.41) is 3.01. The van der Waals surface area contributed by atoms with Crippen LogP contribution in [-0.2, 0) is 11.2 Å². The van der Waals surface area contributed by atoms with Crippen LogP contribution in [0.3, 0.4) is 0 Å². The monoisotopic (exact) mass is 386 g/mol. The van der Waals surface area contributed by atoms with E-state index in [2.05, 4.69) is 50.4 Å². The average Bonchev–Trinajstić information content (AvgIpc) is 2.60. The molecule has 1 atom stereocenters. The number of piperidine rings is 1. The Balaban J connectivity index is 1.61. The molecule has 0 spiro atoms. The number of anilines is 1. The maximum atomic E-state index is 12.5. The molecule has 0 aliphatic carbocycles. The smallest absolute Gasteiger partial charge is 0.238 e. The molecule has 1 aliphatic rings. The zero-order valence-corrected chi connectivity index (χ0v) is 15.3. The van der Waals surface area contributed by atoms with Gasteiger partial charge in [-0.25, -0.2) is 0 Å². The van der Waals surface area contributed by atoms with E-state index >= 15 is 0 Å². The van der Waals surface area contributed by atoms with Crippen molar-refractivity contribution >= 4 is 27.5 Å². The number of nitrogens with zero attached hydrogens (tertiary/aromatic N) is 1. The van der Waals surface area contributed by atoms with Crippen LogP contribution >= 0.6 is 15.9 Å². The SMILES string of the molecule is O=C(CN1CCCCC1Cc1ccccc1)Nc1ccccc1Br. The molecule has 2 aromatic rings. The first kappa shape index (κ1) is 17.2. The van der Waals surface area contributed by atoms with E-state index in [4.69, 9.17) is 0 Å². The van der Waals surface area contributed by atoms with Gasteiger partial charge in [-0.15, -0.1) is 0 Å². The van der Waals surface area contributed by atoms with E-state index in [1.807, 2.05) is 30.3 Å². The molecule has 1 N–H and O–H groups in total. The third kappa shape index (κ3) is 4.68. The number of carbonyl (C=O) groups excluding carboxylic acids is 1. The van der Waals surface area contributed by atoms with Gasteiger partial charge in [0.25, 0.3) is 0 Å². The van der Waals surface area contributed by atoms with Gasteiger partial charge in [0.2, 0.25) is 5.91 Å². The van der Waals surface area contributed by atoms with Crippen molar-refractivity contribution in [2.24, 2.45) is 0 Å². The van der Waals surface area contributed by atoms with Gasteiger partial charge in [-0.05, 0) is 59.4 Å². The third-order valence-electron chi connectivity index (χ3n) is 4.56. The highest BCUT2D eigenvalue weighted by molar-refractivity contribution is 9.10. The Hall–Kier alpha value is -1.65. The van der Waals surface area contributed by atoms with Crippen molar-refractivity contribution in [2.45, 2.75) is 31.7 Å². The van der Waals surface area contributed by atoms with E-state index in [9.17, 15) is 4.79 Å². The Bertz CT molecular complexity index is 674. The number of likely N-dealkylation sites (tertiary alicyclic amines) is 1. The lowest BCUT2D eigenvalue weighted by Gasteiger charge is -2.35. The Morgan fingerprint density at radius 3 is 2.62 bits per heavy atom. The highest BCUT2D eigenvalue weighted by Gasteiger charge is 2.24. The van der Waals surface area contributed by atoms with Gasteiger partial charge in [0.05, 0.1) is 12.2 Å². The predicted molar refractivity (Wildman–Crippen MR) is 102 cm³/mol. The minimum absolute atomic E-state index is 0.0573. The third-order valence-corrected chi connectivity index (χ3v) is 5.25. The van der Waals surface area contributed by atoms with Crippen molar-refractivity contribution in [3.8, 4) is 0 Å². The van der Waals surface area contributed by atoms with Crippen LogP contribution in [0.4, 0.5) is 5.69 Å². The van der Waals surface area contributed by atoms with Crippen LogP contribution in [0.25, 0.3) is 0 Å². The zero-order chi connectivity index (χ0) is 16.8. The molecule has 0 radical (unpaired) electrons. The van der Waals surface area contributed by atoms with Gasteiger partial charge in [0.15, 0.2) is 0 Å². The summed E-state index contributed by atoms with van der Waals surface area (Å²) in [7, 11) is 0. The second-order valence-electron chi connectivity index (χ2n) is 6.34. The summed E-state index contributed by atoms with van der Waals surface area (Å²) in [6, 6.07) is 18.7. The van der Waals surface area contributed by atoms with E-state index in [1.165, 1.54) is 18.4 Å². The van der Waals surface area contributed by atoms with Gasteiger partial charge in [-0.3, -0.25) is 9.69 Å². The van der Waals surface area contributed by atoms with Crippen molar-refractivity contribution in [3.63, 3.8) is 0 Å². The molecule has 3 nitrogen and oxygen atoms in total. The minimum Gasteiger partial charge on any atom is -0.324 e. The van der Waals surface area contributed by atoms with E-state index in [0.29, 0.717) is 12.6 Å². The summed E-state index contributed by atoms with van der Waals surface area (Å²) in [5.41, 5.74) is 2.18. The molecular weight excluding hydrogens is 364 g/mol. The molecule has 24 heavy (non-hydrogen) atoms. The van der Waals surface area contributed by atoms with Crippen LogP contribution in [0, 0.1) is 0 Å². The van der Waals surface area contributed by atoms with Gasteiger partial charge in [-0.1, -0.05) is 48.9 Å². The molecule has 1 heterocycles. The van der Waals surface area contributed by atoms with Gasteiger partial charge in [-0.2, -0.15) is 0 Å². The number of hydrogen-bond donors (Lipinski definition) is 1. The highest BCUT2D eigenvalue weighted by atomic mass is 79.9. The van der Waals surface area contributed by atoms with Crippen molar-refractivity contribution in [1.82, 2.24) is 4.90 Å². The van der Waals surface area contributed by atoms with Crippen LogP contribution in [-0.4, -0.2) is 29.9 Å². The van der Waals surface area contributed by atoms with Crippen molar-refractivity contribution in [3.05, 3.63) is 64.6 Å². The second kappa shape index (κ2) is 8.45. The van der Waals surface area contributed by atoms with E-state index in [1.54, 1.807) is 0 Å². The summed E-state index contributed by atoms with van der Waals surface area (Å²) < 4.78 is 0.915. The topological polar surface area (TPSA) is 32.3 Å². The molecule has 3 rings (SSSR count). The lowest BCUT2D eigenvalue weighted by atomic mass is 9.95. The van der Waals surface area contributed by atoms with Gasteiger partial charge >= 0.3 is 0 Å². The lowest BCUT2D eigenvalue weighted by Crippen LogP contribution is -2.45. The molecule has 126 valence electrons. The summed E-state index contributed by atoms with van der Waals surface area (Å²) >= 11 is 3.48. The van der Waals surface area contributed by atoms with Crippen molar-refractivity contribution in [1.29, 1.82) is 0 Å². The van der Waals surface area contributed by atoms with Gasteiger partial charge < -0.3 is 5.32 Å². The number of para-hydroxylation sites is 1. The summed E-state index contributed by atoms with van der Waals surface area (Å²) in [5.74, 6) is 0.0573. The van der Waals surface area contributed by atoms with Crippen LogP contribution < -0.4 is 5.32 Å². The van der Waals surface area contributed by atoms with Crippen LogP contribution in [0.5, 0.6) is 0 Å². The van der Waals surface area contributed by atoms with Gasteiger partial charge in [0.1, 0.15) is 0 Å². The Labute approximate surface area is 152 Å². The fourth-order valence-corrected chi connectivity index (χ4v) is 3.71. The first-order chi connectivity index (χ1) is 11.7. The lowest BCUT2D eigenvalue weighted by molar-refractivity contribution is -0.118. The van der Waals surface area contributed by atoms with E-state index in [-0.39, 0.29) is 5.91 Å². The minimum atomic E-state index is 0.0573. The molecule has 0 bridgehead atoms. The molecule has 0 aromatic heterocycles. The van der Waals surface area contributed by atoms with Crippen molar-refractivity contribution in [2.75, 3.05) is 18.4 Å². The van der Waals surface area contributed by atoms with E-state index < -0.39 is 0 Å². The number of nitrogens with one attached hydrogen (secondary N) is 1. The average molecular weight is 387 g/mol. The Morgan fingerprint density at radius 1 is 1.08 bits per heavy atom. The first-order valence-electron chi connectivity index (χ1n) is 8.55. The van der Waals surface area contributed by atoms with Crippen LogP contribution in [0.15, 0.2) is 59.1 Å². The number of carbonyl (C=O) groups is 1. The molecule has 2 aromatic carbocycles. The molecule has 1 aliphatic heterocycles. The number of rotatable bonds is 5. The Kier molecular flexibility index (Phi) is 6.05. The molecule has 0 saturated carbocycles. The predicted octanol–water partition coefficient (Wildman–Crippen LogP) is 4.48. The molecule has 4 heteroatoms. The largest absolute Gasteiger partial charge is 0.324 e. The van der Waals surface area contributed by atoms with Crippen LogP contribution in [0.1, 0.15) is 24.8 Å². The van der Waals surface area contributed by atoms with E-state index in [0.717, 1.165) is 29.5 Å². The number of hydrogen-bond acceptors (Lipinski definition) is 2. The molecule has 1 fully saturated rings. The summed E-state index contributed by atoms with van der Waals surface area (Å²) in [4.78, 5) is 14.8. The van der Waals surface area contributed by atoms with Crippen molar-refractivity contribution < 1.29 is 4.79 Å². The molecule has 1 amide bonds. The van der Waals surface area contributed by atoms with Gasteiger partial charge in [0, 0.05) is 10.5 Å². The maximum absolute atomic E-state index is 12.5. The highest BCUT2D eigenvalue weighted by Crippen LogP contribution is 2.23. The maximum Gasteiger partial charge on any atom is 0.238 e. The molecular formula is C20H23BrN2O. The first-order valence-corrected chi connectivity index (χ1v) is 9.34. The molecule has 1 unspecified atom stereocenters. The summed E-state index contributed by atoms with van der Waals surface area (Å²) in [6.45, 7) is 1.46. The Morgan fingerprint density at radius 2 is 1.83 bits per heavy atom. The quantitative estimate of drug-likeness (QED) is 0.820. The van der Waals surface area contributed by atoms with Crippen LogP contribution in [0.2, 0.25) is 0 Å². The second-order valence-corrected chi connectivity index (χ2v) is 7.19. The summed E-state index contributed by atoms with van der Waals surface area (Å²) in [6.07, 6.45) is 4.60. The molecule has 1 saturated heterocycles. The normalized spacial score (nSPS) is 18.3. The zero-order valence-electron chi connectivity index (χ0n) is 13.7.